The quantitative estimate of drug-likeness (QED) is 0.864. The van der Waals surface area contributed by atoms with Crippen LogP contribution in [0.3, 0.4) is 0 Å². The van der Waals surface area contributed by atoms with Crippen LogP contribution in [0, 0.1) is 5.92 Å². The maximum atomic E-state index is 12.1. The molecule has 1 N–H and O–H groups in total. The molecule has 0 aliphatic heterocycles. The van der Waals surface area contributed by atoms with Crippen LogP contribution in [0.4, 0.5) is 0 Å². The summed E-state index contributed by atoms with van der Waals surface area (Å²) in [4.78, 5) is 0.262. The molecule has 4 nitrogen and oxygen atoms in total. The molecule has 0 saturated heterocycles. The zero-order valence-corrected chi connectivity index (χ0v) is 12.1. The Morgan fingerprint density at radius 3 is 2.17 bits per heavy atom. The van der Waals surface area contributed by atoms with Gasteiger partial charge in [-0.15, -0.1) is 0 Å². The standard InChI is InChI=1S/C13H21NO3S/c1-5-17-12-6-8-13(9-7-12)18(15,16)14-11(4)10(2)3/h6-11,14H,5H2,1-4H3. The normalized spacial score (nSPS) is 13.6. The Labute approximate surface area is 109 Å². The first-order valence-corrected chi connectivity index (χ1v) is 7.60. The van der Waals surface area contributed by atoms with Crippen LogP contribution >= 0.6 is 0 Å². The maximum Gasteiger partial charge on any atom is 0.240 e. The molecule has 0 spiro atoms. The molecule has 5 heteroatoms. The lowest BCUT2D eigenvalue weighted by atomic mass is 10.1. The molecule has 0 aromatic heterocycles. The van der Waals surface area contributed by atoms with Gasteiger partial charge in [0.15, 0.2) is 0 Å². The Hall–Kier alpha value is -1.07. The first-order chi connectivity index (χ1) is 8.36. The molecule has 0 fully saturated rings. The fraction of sp³-hybridized carbons (Fsp3) is 0.538. The highest BCUT2D eigenvalue weighted by atomic mass is 32.2. The minimum atomic E-state index is -3.44. The van der Waals surface area contributed by atoms with Gasteiger partial charge in [-0.1, -0.05) is 13.8 Å². The van der Waals surface area contributed by atoms with Gasteiger partial charge in [-0.2, -0.15) is 0 Å². The topological polar surface area (TPSA) is 55.4 Å². The van der Waals surface area contributed by atoms with E-state index in [1.54, 1.807) is 24.3 Å². The second-order valence-corrected chi connectivity index (χ2v) is 6.27. The summed E-state index contributed by atoms with van der Waals surface area (Å²) in [6.07, 6.45) is 0. The van der Waals surface area contributed by atoms with Gasteiger partial charge in [0.25, 0.3) is 0 Å². The van der Waals surface area contributed by atoms with Crippen LogP contribution in [0.25, 0.3) is 0 Å². The van der Waals surface area contributed by atoms with Gasteiger partial charge in [-0.25, -0.2) is 13.1 Å². The van der Waals surface area contributed by atoms with Crippen LogP contribution in [0.15, 0.2) is 29.2 Å². The van der Waals surface area contributed by atoms with E-state index in [2.05, 4.69) is 4.72 Å². The zero-order valence-electron chi connectivity index (χ0n) is 11.3. The summed E-state index contributed by atoms with van der Waals surface area (Å²) in [5.41, 5.74) is 0. The van der Waals surface area contributed by atoms with Crippen LogP contribution in [-0.2, 0) is 10.0 Å². The van der Waals surface area contributed by atoms with Gasteiger partial charge in [0.2, 0.25) is 10.0 Å². The molecule has 0 radical (unpaired) electrons. The molecule has 1 unspecified atom stereocenters. The second kappa shape index (κ2) is 6.20. The van der Waals surface area contributed by atoms with Crippen molar-refractivity contribution in [1.29, 1.82) is 0 Å². The fourth-order valence-electron chi connectivity index (χ4n) is 1.33. The van der Waals surface area contributed by atoms with Crippen molar-refractivity contribution in [2.75, 3.05) is 6.61 Å². The summed E-state index contributed by atoms with van der Waals surface area (Å²) in [5.74, 6) is 0.927. The Bertz CT molecular complexity index is 466. The number of ether oxygens (including phenoxy) is 1. The van der Waals surface area contributed by atoms with E-state index in [0.29, 0.717) is 12.4 Å². The van der Waals surface area contributed by atoms with Gasteiger partial charge >= 0.3 is 0 Å². The van der Waals surface area contributed by atoms with Gasteiger partial charge in [0.05, 0.1) is 11.5 Å². The average molecular weight is 271 g/mol. The van der Waals surface area contributed by atoms with Crippen LogP contribution in [0.5, 0.6) is 5.75 Å². The summed E-state index contributed by atoms with van der Waals surface area (Å²) in [6.45, 7) is 8.26. The third kappa shape index (κ3) is 3.99. The van der Waals surface area contributed by atoms with Crippen molar-refractivity contribution in [2.45, 2.75) is 38.6 Å². The number of hydrogen-bond acceptors (Lipinski definition) is 3. The van der Waals surface area contributed by atoms with E-state index in [4.69, 9.17) is 4.74 Å². The second-order valence-electron chi connectivity index (χ2n) is 4.56. The van der Waals surface area contributed by atoms with Crippen molar-refractivity contribution in [3.63, 3.8) is 0 Å². The van der Waals surface area contributed by atoms with E-state index in [1.165, 1.54) is 0 Å². The third-order valence-electron chi connectivity index (χ3n) is 2.79. The molecule has 0 aliphatic carbocycles. The van der Waals surface area contributed by atoms with Crippen molar-refractivity contribution in [3.05, 3.63) is 24.3 Å². The van der Waals surface area contributed by atoms with Crippen molar-refractivity contribution >= 4 is 10.0 Å². The molecule has 1 atom stereocenters. The van der Waals surface area contributed by atoms with Crippen molar-refractivity contribution in [3.8, 4) is 5.75 Å². The van der Waals surface area contributed by atoms with Gasteiger partial charge in [0.1, 0.15) is 5.75 Å². The third-order valence-corrected chi connectivity index (χ3v) is 4.36. The van der Waals surface area contributed by atoms with Gasteiger partial charge in [0, 0.05) is 6.04 Å². The Balaban J connectivity index is 2.85. The lowest BCUT2D eigenvalue weighted by Gasteiger charge is -2.17. The number of rotatable bonds is 6. The molecule has 0 amide bonds. The Kier molecular flexibility index (Phi) is 5.16. The van der Waals surface area contributed by atoms with E-state index in [9.17, 15) is 8.42 Å². The molecule has 0 heterocycles. The first-order valence-electron chi connectivity index (χ1n) is 6.12. The summed E-state index contributed by atoms with van der Waals surface area (Å²) in [6, 6.07) is 6.35. The average Bonchev–Trinajstić information content (AvgIpc) is 2.29. The van der Waals surface area contributed by atoms with E-state index in [-0.39, 0.29) is 16.9 Å². The lowest BCUT2D eigenvalue weighted by Crippen LogP contribution is -2.36. The highest BCUT2D eigenvalue weighted by Crippen LogP contribution is 2.16. The van der Waals surface area contributed by atoms with Gasteiger partial charge in [-0.3, -0.25) is 0 Å². The largest absolute Gasteiger partial charge is 0.494 e. The van der Waals surface area contributed by atoms with Crippen LogP contribution in [0.1, 0.15) is 27.7 Å². The first kappa shape index (κ1) is 15.0. The molecule has 18 heavy (non-hydrogen) atoms. The number of sulfonamides is 1. The lowest BCUT2D eigenvalue weighted by molar-refractivity contribution is 0.340. The highest BCUT2D eigenvalue weighted by molar-refractivity contribution is 7.89. The fourth-order valence-corrected chi connectivity index (χ4v) is 2.72. The zero-order chi connectivity index (χ0) is 13.8. The predicted octanol–water partition coefficient (Wildman–Crippen LogP) is 2.41. The molecule has 0 saturated carbocycles. The summed E-state index contributed by atoms with van der Waals surface area (Å²) in [5, 5.41) is 0. The molecule has 0 bridgehead atoms. The molecule has 102 valence electrons. The predicted molar refractivity (Wildman–Crippen MR) is 72.2 cm³/mol. The summed E-state index contributed by atoms with van der Waals surface area (Å²) >= 11 is 0. The number of nitrogens with one attached hydrogen (secondary N) is 1. The smallest absolute Gasteiger partial charge is 0.240 e. The van der Waals surface area contributed by atoms with Gasteiger partial charge in [-0.05, 0) is 44.0 Å². The molecular formula is C13H21NO3S. The van der Waals surface area contributed by atoms with Crippen LogP contribution < -0.4 is 9.46 Å². The molecule has 1 rings (SSSR count). The minimum Gasteiger partial charge on any atom is -0.494 e. The SMILES string of the molecule is CCOc1ccc(S(=O)(=O)NC(C)C(C)C)cc1. The van der Waals surface area contributed by atoms with Crippen LogP contribution in [-0.4, -0.2) is 21.1 Å². The van der Waals surface area contributed by atoms with Crippen molar-refractivity contribution in [2.24, 2.45) is 5.92 Å². The Morgan fingerprint density at radius 1 is 1.17 bits per heavy atom. The molecule has 1 aromatic carbocycles. The van der Waals surface area contributed by atoms with E-state index in [1.807, 2.05) is 27.7 Å². The van der Waals surface area contributed by atoms with E-state index >= 15 is 0 Å². The van der Waals surface area contributed by atoms with Crippen molar-refractivity contribution in [1.82, 2.24) is 4.72 Å². The molecule has 1 aromatic rings. The minimum absolute atomic E-state index is 0.0958. The monoisotopic (exact) mass is 271 g/mol. The van der Waals surface area contributed by atoms with E-state index in [0.717, 1.165) is 0 Å². The summed E-state index contributed by atoms with van der Waals surface area (Å²) < 4.78 is 32.1. The molecule has 0 aliphatic rings. The number of benzene rings is 1. The van der Waals surface area contributed by atoms with Crippen molar-refractivity contribution < 1.29 is 13.2 Å². The summed E-state index contributed by atoms with van der Waals surface area (Å²) in [7, 11) is -3.44. The maximum absolute atomic E-state index is 12.1. The van der Waals surface area contributed by atoms with Crippen LogP contribution in [0.2, 0.25) is 0 Å². The highest BCUT2D eigenvalue weighted by Gasteiger charge is 2.18. The molecular weight excluding hydrogens is 250 g/mol. The van der Waals surface area contributed by atoms with E-state index < -0.39 is 10.0 Å². The number of hydrogen-bond donors (Lipinski definition) is 1. The Morgan fingerprint density at radius 2 is 1.72 bits per heavy atom. The van der Waals surface area contributed by atoms with Gasteiger partial charge < -0.3 is 4.74 Å².